The highest BCUT2D eigenvalue weighted by atomic mass is 127. The molecule has 108 valence electrons. The SMILES string of the molecule is CC(C)[P+](c1ccccc1)(c1ccccc1)C(C)C.[I-]. The molecule has 20 heavy (non-hydrogen) atoms. The van der Waals surface area contributed by atoms with Gasteiger partial charge in [-0.3, -0.25) is 0 Å². The smallest absolute Gasteiger partial charge is 0.0997 e. The summed E-state index contributed by atoms with van der Waals surface area (Å²) in [6.45, 7) is 9.53. The molecule has 0 fully saturated rings. The number of hydrogen-bond donors (Lipinski definition) is 0. The Kier molecular flexibility index (Phi) is 6.68. The summed E-state index contributed by atoms with van der Waals surface area (Å²) in [4.78, 5) is 0. The Hall–Kier alpha value is -0.400. The van der Waals surface area contributed by atoms with Crippen LogP contribution in [0.3, 0.4) is 0 Å². The van der Waals surface area contributed by atoms with Gasteiger partial charge < -0.3 is 24.0 Å². The lowest BCUT2D eigenvalue weighted by Gasteiger charge is -2.34. The molecule has 0 aliphatic heterocycles. The highest BCUT2D eigenvalue weighted by Crippen LogP contribution is 2.64. The van der Waals surface area contributed by atoms with E-state index in [1.165, 1.54) is 10.6 Å². The van der Waals surface area contributed by atoms with E-state index in [-0.39, 0.29) is 24.0 Å². The van der Waals surface area contributed by atoms with Crippen LogP contribution >= 0.6 is 7.26 Å². The maximum Gasteiger partial charge on any atom is 0.0997 e. The summed E-state index contributed by atoms with van der Waals surface area (Å²) in [5.41, 5.74) is 1.33. The van der Waals surface area contributed by atoms with Crippen molar-refractivity contribution in [3.8, 4) is 0 Å². The van der Waals surface area contributed by atoms with Crippen LogP contribution in [0.5, 0.6) is 0 Å². The van der Waals surface area contributed by atoms with Gasteiger partial charge in [0.25, 0.3) is 0 Å². The highest BCUT2D eigenvalue weighted by molar-refractivity contribution is 7.90. The maximum atomic E-state index is 2.38. The van der Waals surface area contributed by atoms with E-state index >= 15 is 0 Å². The zero-order chi connectivity index (χ0) is 13.9. The van der Waals surface area contributed by atoms with E-state index in [4.69, 9.17) is 0 Å². The van der Waals surface area contributed by atoms with Crippen LogP contribution in [0, 0.1) is 0 Å². The molecule has 2 aromatic rings. The molecule has 0 aliphatic carbocycles. The Balaban J connectivity index is 0.00000200. The van der Waals surface area contributed by atoms with Crippen LogP contribution in [0.1, 0.15) is 27.7 Å². The summed E-state index contributed by atoms with van der Waals surface area (Å²) < 4.78 is 0. The van der Waals surface area contributed by atoms with E-state index in [9.17, 15) is 0 Å². The first-order chi connectivity index (χ1) is 9.10. The minimum Gasteiger partial charge on any atom is -1.00 e. The molecule has 2 rings (SSSR count). The molecule has 2 heteroatoms. The molecule has 0 heterocycles. The van der Waals surface area contributed by atoms with Crippen molar-refractivity contribution in [2.75, 3.05) is 0 Å². The van der Waals surface area contributed by atoms with E-state index in [0.29, 0.717) is 11.3 Å². The molecule has 0 saturated carbocycles. The summed E-state index contributed by atoms with van der Waals surface area (Å²) in [7, 11) is -1.34. The highest BCUT2D eigenvalue weighted by Gasteiger charge is 2.48. The van der Waals surface area contributed by atoms with Gasteiger partial charge >= 0.3 is 0 Å². The standard InChI is InChI=1S/C18H24P.HI/c1-15(2)19(16(3)4,17-11-7-5-8-12-17)18-13-9-6-10-14-18;/h5-16H,1-4H3;1H/q+1;/p-1. The third kappa shape index (κ3) is 3.09. The summed E-state index contributed by atoms with van der Waals surface area (Å²) in [5.74, 6) is 0. The summed E-state index contributed by atoms with van der Waals surface area (Å²) >= 11 is 0. The van der Waals surface area contributed by atoms with Crippen LogP contribution < -0.4 is 34.6 Å². The monoisotopic (exact) mass is 398 g/mol. The van der Waals surface area contributed by atoms with E-state index in [1.54, 1.807) is 0 Å². The first-order valence-electron chi connectivity index (χ1n) is 7.09. The van der Waals surface area contributed by atoms with Crippen molar-refractivity contribution in [1.29, 1.82) is 0 Å². The number of rotatable bonds is 4. The van der Waals surface area contributed by atoms with Gasteiger partial charge in [0, 0.05) is 0 Å². The Morgan fingerprint density at radius 1 is 0.600 bits per heavy atom. The summed E-state index contributed by atoms with van der Waals surface area (Å²) in [6, 6.07) is 22.2. The van der Waals surface area contributed by atoms with Gasteiger partial charge in [0.15, 0.2) is 0 Å². The van der Waals surface area contributed by atoms with Crippen LogP contribution in [0.25, 0.3) is 0 Å². The molecule has 0 N–H and O–H groups in total. The molecule has 0 spiro atoms. The quantitative estimate of drug-likeness (QED) is 0.541. The fraction of sp³-hybridized carbons (Fsp3) is 0.333. The van der Waals surface area contributed by atoms with Crippen molar-refractivity contribution in [1.82, 2.24) is 0 Å². The largest absolute Gasteiger partial charge is 1.00 e. The van der Waals surface area contributed by atoms with Gasteiger partial charge in [-0.2, -0.15) is 0 Å². The number of hydrogen-bond acceptors (Lipinski definition) is 0. The molecule has 0 radical (unpaired) electrons. The van der Waals surface area contributed by atoms with Gasteiger partial charge in [-0.1, -0.05) is 36.4 Å². The average Bonchev–Trinajstić information content (AvgIpc) is 2.41. The van der Waals surface area contributed by atoms with E-state index in [1.807, 2.05) is 0 Å². The molecule has 0 bridgehead atoms. The van der Waals surface area contributed by atoms with E-state index < -0.39 is 7.26 Å². The lowest BCUT2D eigenvalue weighted by atomic mass is 10.4. The van der Waals surface area contributed by atoms with Crippen LogP contribution in [-0.4, -0.2) is 11.3 Å². The van der Waals surface area contributed by atoms with Crippen molar-refractivity contribution in [3.63, 3.8) is 0 Å². The number of halogens is 1. The molecule has 2 aromatic carbocycles. The first kappa shape index (κ1) is 17.7. The van der Waals surface area contributed by atoms with Crippen LogP contribution in [0.15, 0.2) is 60.7 Å². The van der Waals surface area contributed by atoms with Gasteiger partial charge in [-0.05, 0) is 52.0 Å². The topological polar surface area (TPSA) is 0 Å². The molecule has 0 aromatic heterocycles. The molecular formula is C18H24IP. The lowest BCUT2D eigenvalue weighted by molar-refractivity contribution is -0.00000403. The first-order valence-corrected chi connectivity index (χ1v) is 9.02. The van der Waals surface area contributed by atoms with Gasteiger partial charge in [0.1, 0.15) is 0 Å². The zero-order valence-electron chi connectivity index (χ0n) is 12.8. The molecular weight excluding hydrogens is 374 g/mol. The molecule has 0 unspecified atom stereocenters. The minimum absolute atomic E-state index is 0. The lowest BCUT2D eigenvalue weighted by Crippen LogP contribution is -3.00. The second-order valence-corrected chi connectivity index (χ2v) is 10.3. The molecule has 0 aliphatic rings. The maximum absolute atomic E-state index is 2.38. The molecule has 0 amide bonds. The molecule has 0 nitrogen and oxygen atoms in total. The van der Waals surface area contributed by atoms with Crippen molar-refractivity contribution in [2.45, 2.75) is 39.0 Å². The predicted octanol–water partition coefficient (Wildman–Crippen LogP) is 1.48. The Morgan fingerprint density at radius 3 is 1.15 bits per heavy atom. The zero-order valence-corrected chi connectivity index (χ0v) is 15.8. The van der Waals surface area contributed by atoms with Crippen LogP contribution in [-0.2, 0) is 0 Å². The minimum atomic E-state index is -1.34. The predicted molar refractivity (Wildman–Crippen MR) is 89.3 cm³/mol. The normalized spacial score (nSPS) is 11.5. The van der Waals surface area contributed by atoms with Gasteiger partial charge in [-0.15, -0.1) is 0 Å². The Morgan fingerprint density at radius 2 is 0.900 bits per heavy atom. The second-order valence-electron chi connectivity index (χ2n) is 5.64. The summed E-state index contributed by atoms with van der Waals surface area (Å²) in [5, 5.41) is 3.07. The third-order valence-electron chi connectivity index (χ3n) is 4.00. The Labute approximate surface area is 141 Å². The van der Waals surface area contributed by atoms with Crippen LogP contribution in [0.4, 0.5) is 0 Å². The van der Waals surface area contributed by atoms with Crippen LogP contribution in [0.2, 0.25) is 0 Å². The average molecular weight is 398 g/mol. The van der Waals surface area contributed by atoms with E-state index in [0.717, 1.165) is 0 Å². The van der Waals surface area contributed by atoms with Gasteiger partial charge in [0.05, 0.1) is 29.2 Å². The Bertz CT molecular complexity index is 456. The fourth-order valence-corrected chi connectivity index (χ4v) is 8.49. The van der Waals surface area contributed by atoms with E-state index in [2.05, 4.69) is 88.4 Å². The van der Waals surface area contributed by atoms with Gasteiger partial charge in [0.2, 0.25) is 0 Å². The summed E-state index contributed by atoms with van der Waals surface area (Å²) in [6.07, 6.45) is 0. The second kappa shape index (κ2) is 7.56. The van der Waals surface area contributed by atoms with Crippen molar-refractivity contribution >= 4 is 17.9 Å². The van der Waals surface area contributed by atoms with Crippen molar-refractivity contribution in [3.05, 3.63) is 60.7 Å². The van der Waals surface area contributed by atoms with Crippen molar-refractivity contribution in [2.24, 2.45) is 0 Å². The van der Waals surface area contributed by atoms with Crippen molar-refractivity contribution < 1.29 is 24.0 Å². The number of benzene rings is 2. The molecule has 0 saturated heterocycles. The third-order valence-corrected chi connectivity index (χ3v) is 9.56. The molecule has 0 atom stereocenters. The van der Waals surface area contributed by atoms with Gasteiger partial charge in [-0.25, -0.2) is 0 Å². The fourth-order valence-electron chi connectivity index (χ4n) is 3.29.